The van der Waals surface area contributed by atoms with E-state index in [2.05, 4.69) is 11.9 Å². The minimum absolute atomic E-state index is 0.131. The lowest BCUT2D eigenvalue weighted by Crippen LogP contribution is -2.32. The van der Waals surface area contributed by atoms with Gasteiger partial charge in [-0.15, -0.1) is 6.58 Å². The minimum Gasteiger partial charge on any atom is -0.497 e. The van der Waals surface area contributed by atoms with Crippen LogP contribution in [-0.4, -0.2) is 37.5 Å². The second kappa shape index (κ2) is 8.22. The monoisotopic (exact) mass is 392 g/mol. The second-order valence-corrected chi connectivity index (χ2v) is 6.75. The summed E-state index contributed by atoms with van der Waals surface area (Å²) in [4.78, 5) is 27.3. The number of aryl methyl sites for hydroxylation is 2. The number of methoxy groups -OCH3 is 2. The molecular formula is C23H24N2O4. The molecule has 0 atom stereocenters. The van der Waals surface area contributed by atoms with E-state index < -0.39 is 5.91 Å². The lowest BCUT2D eigenvalue weighted by molar-refractivity contribution is -0.136. The molecule has 0 spiro atoms. The Labute approximate surface area is 170 Å². The first kappa shape index (κ1) is 20.2. The van der Waals surface area contributed by atoms with Crippen molar-refractivity contribution < 1.29 is 19.1 Å². The second-order valence-electron chi connectivity index (χ2n) is 6.75. The summed E-state index contributed by atoms with van der Waals surface area (Å²) < 4.78 is 10.7. The van der Waals surface area contributed by atoms with Crippen LogP contribution in [0.15, 0.2) is 54.8 Å². The van der Waals surface area contributed by atoms with E-state index in [1.807, 2.05) is 32.0 Å². The standard InChI is InChI=1S/C23H24N2O4/c1-6-11-25-22(26)20(16-8-7-14(2)15(3)12-16)21(23(25)27)24-18-13-17(28-4)9-10-19(18)29-5/h6-10,12-13,24H,1,11H2,2-5H3. The van der Waals surface area contributed by atoms with Crippen LogP contribution in [0.1, 0.15) is 16.7 Å². The van der Waals surface area contributed by atoms with Gasteiger partial charge >= 0.3 is 0 Å². The fraction of sp³-hybridized carbons (Fsp3) is 0.217. The van der Waals surface area contributed by atoms with Crippen molar-refractivity contribution in [3.05, 3.63) is 71.4 Å². The molecule has 0 unspecified atom stereocenters. The average molecular weight is 392 g/mol. The largest absolute Gasteiger partial charge is 0.497 e. The zero-order chi connectivity index (χ0) is 21.1. The van der Waals surface area contributed by atoms with Gasteiger partial charge in [-0.25, -0.2) is 0 Å². The summed E-state index contributed by atoms with van der Waals surface area (Å²) in [5.41, 5.74) is 3.89. The smallest absolute Gasteiger partial charge is 0.278 e. The Balaban J connectivity index is 2.15. The van der Waals surface area contributed by atoms with Gasteiger partial charge in [-0.2, -0.15) is 0 Å². The van der Waals surface area contributed by atoms with Crippen molar-refractivity contribution in [2.24, 2.45) is 0 Å². The van der Waals surface area contributed by atoms with Crippen molar-refractivity contribution in [1.82, 2.24) is 4.90 Å². The number of carbonyl (C=O) groups excluding carboxylic acids is 2. The van der Waals surface area contributed by atoms with E-state index in [-0.39, 0.29) is 18.1 Å². The van der Waals surface area contributed by atoms with Gasteiger partial charge in [0, 0.05) is 12.6 Å². The Morgan fingerprint density at radius 3 is 2.38 bits per heavy atom. The van der Waals surface area contributed by atoms with Gasteiger partial charge in [0.2, 0.25) is 0 Å². The van der Waals surface area contributed by atoms with Crippen molar-refractivity contribution in [3.8, 4) is 11.5 Å². The van der Waals surface area contributed by atoms with Crippen LogP contribution < -0.4 is 14.8 Å². The molecule has 0 saturated carbocycles. The Morgan fingerprint density at radius 2 is 1.76 bits per heavy atom. The molecule has 0 radical (unpaired) electrons. The molecule has 0 fully saturated rings. The zero-order valence-corrected chi connectivity index (χ0v) is 17.0. The molecule has 2 amide bonds. The minimum atomic E-state index is -0.409. The quantitative estimate of drug-likeness (QED) is 0.575. The maximum absolute atomic E-state index is 13.1. The zero-order valence-electron chi connectivity index (χ0n) is 17.0. The van der Waals surface area contributed by atoms with E-state index in [0.717, 1.165) is 11.1 Å². The van der Waals surface area contributed by atoms with Gasteiger partial charge < -0.3 is 14.8 Å². The third-order valence-electron chi connectivity index (χ3n) is 4.94. The molecule has 2 aromatic carbocycles. The summed E-state index contributed by atoms with van der Waals surface area (Å²) in [5, 5.41) is 3.11. The molecule has 2 aromatic rings. The molecule has 0 saturated heterocycles. The lowest BCUT2D eigenvalue weighted by Gasteiger charge is -2.14. The molecule has 0 aromatic heterocycles. The van der Waals surface area contributed by atoms with Crippen LogP contribution in [0, 0.1) is 13.8 Å². The SMILES string of the molecule is C=CCN1C(=O)C(Nc2cc(OC)ccc2OC)=C(c2ccc(C)c(C)c2)C1=O. The topological polar surface area (TPSA) is 67.9 Å². The Morgan fingerprint density at radius 1 is 1.00 bits per heavy atom. The number of anilines is 1. The fourth-order valence-electron chi connectivity index (χ4n) is 3.20. The van der Waals surface area contributed by atoms with Crippen molar-refractivity contribution in [2.75, 3.05) is 26.1 Å². The summed E-state index contributed by atoms with van der Waals surface area (Å²) in [6.45, 7) is 7.76. The number of amides is 2. The van der Waals surface area contributed by atoms with Crippen molar-refractivity contribution >= 4 is 23.1 Å². The van der Waals surface area contributed by atoms with Gasteiger partial charge in [-0.1, -0.05) is 24.3 Å². The van der Waals surface area contributed by atoms with Gasteiger partial charge in [0.25, 0.3) is 11.8 Å². The average Bonchev–Trinajstić information content (AvgIpc) is 2.94. The molecule has 1 aliphatic rings. The van der Waals surface area contributed by atoms with E-state index in [4.69, 9.17) is 9.47 Å². The van der Waals surface area contributed by atoms with Gasteiger partial charge in [0.15, 0.2) is 0 Å². The highest BCUT2D eigenvalue weighted by atomic mass is 16.5. The molecule has 1 N–H and O–H groups in total. The predicted octanol–water partition coefficient (Wildman–Crippen LogP) is 3.70. The van der Waals surface area contributed by atoms with Crippen molar-refractivity contribution in [1.29, 1.82) is 0 Å². The van der Waals surface area contributed by atoms with Crippen LogP contribution >= 0.6 is 0 Å². The van der Waals surface area contributed by atoms with Crippen LogP contribution in [0.5, 0.6) is 11.5 Å². The van der Waals surface area contributed by atoms with Crippen LogP contribution in [0.2, 0.25) is 0 Å². The molecule has 1 heterocycles. The Bertz CT molecular complexity index is 1020. The molecular weight excluding hydrogens is 368 g/mol. The number of hydrogen-bond acceptors (Lipinski definition) is 5. The first-order valence-corrected chi connectivity index (χ1v) is 9.19. The molecule has 3 rings (SSSR count). The van der Waals surface area contributed by atoms with E-state index >= 15 is 0 Å². The summed E-state index contributed by atoms with van der Waals surface area (Å²) in [6.07, 6.45) is 1.53. The number of nitrogens with zero attached hydrogens (tertiary/aromatic N) is 1. The summed E-state index contributed by atoms with van der Waals surface area (Å²) in [7, 11) is 3.10. The van der Waals surface area contributed by atoms with Gasteiger partial charge in [-0.3, -0.25) is 14.5 Å². The van der Waals surface area contributed by atoms with Crippen LogP contribution in [-0.2, 0) is 9.59 Å². The van der Waals surface area contributed by atoms with Gasteiger partial charge in [-0.05, 0) is 42.7 Å². The maximum atomic E-state index is 13.1. The van der Waals surface area contributed by atoms with E-state index in [1.165, 1.54) is 18.1 Å². The first-order chi connectivity index (χ1) is 13.9. The lowest BCUT2D eigenvalue weighted by atomic mass is 9.99. The van der Waals surface area contributed by atoms with Crippen molar-refractivity contribution in [2.45, 2.75) is 13.8 Å². The number of rotatable bonds is 7. The molecule has 0 bridgehead atoms. The number of nitrogens with one attached hydrogen (secondary N) is 1. The number of ether oxygens (including phenoxy) is 2. The summed E-state index contributed by atoms with van der Waals surface area (Å²) in [6, 6.07) is 10.9. The first-order valence-electron chi connectivity index (χ1n) is 9.19. The van der Waals surface area contributed by atoms with E-state index in [1.54, 1.807) is 25.3 Å². The molecule has 150 valence electrons. The molecule has 1 aliphatic heterocycles. The Hall–Kier alpha value is -3.54. The van der Waals surface area contributed by atoms with Crippen molar-refractivity contribution in [3.63, 3.8) is 0 Å². The third-order valence-corrected chi connectivity index (χ3v) is 4.94. The highest BCUT2D eigenvalue weighted by molar-refractivity contribution is 6.36. The van der Waals surface area contributed by atoms with Gasteiger partial charge in [0.05, 0.1) is 25.5 Å². The number of hydrogen-bond donors (Lipinski definition) is 1. The predicted molar refractivity (Wildman–Crippen MR) is 113 cm³/mol. The number of imide groups is 1. The Kier molecular flexibility index (Phi) is 5.73. The normalized spacial score (nSPS) is 13.7. The molecule has 6 nitrogen and oxygen atoms in total. The fourth-order valence-corrected chi connectivity index (χ4v) is 3.20. The molecule has 29 heavy (non-hydrogen) atoms. The van der Waals surface area contributed by atoms with Gasteiger partial charge in [0.1, 0.15) is 17.2 Å². The summed E-state index contributed by atoms with van der Waals surface area (Å²) in [5.74, 6) is 0.358. The number of benzene rings is 2. The maximum Gasteiger partial charge on any atom is 0.278 e. The third kappa shape index (κ3) is 3.74. The van der Waals surface area contributed by atoms with Crippen LogP contribution in [0.25, 0.3) is 5.57 Å². The van der Waals surface area contributed by atoms with Crippen LogP contribution in [0.4, 0.5) is 5.69 Å². The molecule has 0 aliphatic carbocycles. The van der Waals surface area contributed by atoms with E-state index in [0.29, 0.717) is 28.3 Å². The highest BCUT2D eigenvalue weighted by Crippen LogP contribution is 2.35. The van der Waals surface area contributed by atoms with Crippen LogP contribution in [0.3, 0.4) is 0 Å². The summed E-state index contributed by atoms with van der Waals surface area (Å²) >= 11 is 0. The highest BCUT2D eigenvalue weighted by Gasteiger charge is 2.39. The number of carbonyl (C=O) groups is 2. The van der Waals surface area contributed by atoms with E-state index in [9.17, 15) is 9.59 Å². The molecule has 6 heteroatoms.